The van der Waals surface area contributed by atoms with Gasteiger partial charge in [-0.1, -0.05) is 17.7 Å². The molecule has 0 bridgehead atoms. The molecular formula is C11H14ClN3. The van der Waals surface area contributed by atoms with E-state index >= 15 is 0 Å². The number of nitrogens with one attached hydrogen (secondary N) is 1. The molecule has 0 spiro atoms. The minimum atomic E-state index is -0.324. The van der Waals surface area contributed by atoms with E-state index in [4.69, 9.17) is 22.6 Å². The Kier molecular flexibility index (Phi) is 3.57. The lowest BCUT2D eigenvalue weighted by molar-refractivity contribution is 0.549. The number of nitrogens with two attached hydrogens (primary N) is 1. The van der Waals surface area contributed by atoms with E-state index in [0.717, 1.165) is 5.69 Å². The molecule has 0 atom stereocenters. The van der Waals surface area contributed by atoms with Crippen LogP contribution in [0.4, 0.5) is 5.69 Å². The van der Waals surface area contributed by atoms with Gasteiger partial charge in [0.15, 0.2) is 0 Å². The Bertz CT molecular complexity index is 388. The van der Waals surface area contributed by atoms with Crippen LogP contribution in [0.2, 0.25) is 5.02 Å². The van der Waals surface area contributed by atoms with Crippen LogP contribution < -0.4 is 11.1 Å². The maximum absolute atomic E-state index is 8.92. The maximum atomic E-state index is 8.92. The van der Waals surface area contributed by atoms with Gasteiger partial charge in [-0.15, -0.1) is 0 Å². The average molecular weight is 224 g/mol. The third kappa shape index (κ3) is 3.43. The minimum Gasteiger partial charge on any atom is -0.382 e. The van der Waals surface area contributed by atoms with Crippen molar-refractivity contribution in [3.05, 3.63) is 28.8 Å². The van der Waals surface area contributed by atoms with Crippen LogP contribution in [-0.4, -0.2) is 12.1 Å². The zero-order valence-electron chi connectivity index (χ0n) is 8.84. The predicted octanol–water partition coefficient (Wildman–Crippen LogP) is 2.36. The Morgan fingerprint density at radius 1 is 1.53 bits per heavy atom. The number of anilines is 1. The lowest BCUT2D eigenvalue weighted by Crippen LogP contribution is -2.39. The summed E-state index contributed by atoms with van der Waals surface area (Å²) >= 11 is 5.89. The fourth-order valence-electron chi connectivity index (χ4n) is 1.11. The molecule has 3 nitrogen and oxygen atoms in total. The first-order valence-electron chi connectivity index (χ1n) is 4.65. The van der Waals surface area contributed by atoms with Crippen LogP contribution in [0.5, 0.6) is 0 Å². The van der Waals surface area contributed by atoms with Gasteiger partial charge in [-0.2, -0.15) is 5.26 Å². The van der Waals surface area contributed by atoms with Gasteiger partial charge in [-0.05, 0) is 26.0 Å². The van der Waals surface area contributed by atoms with E-state index in [2.05, 4.69) is 11.4 Å². The van der Waals surface area contributed by atoms with E-state index in [-0.39, 0.29) is 5.54 Å². The van der Waals surface area contributed by atoms with E-state index in [1.807, 2.05) is 19.9 Å². The van der Waals surface area contributed by atoms with Gasteiger partial charge < -0.3 is 11.1 Å². The highest BCUT2D eigenvalue weighted by atomic mass is 35.5. The summed E-state index contributed by atoms with van der Waals surface area (Å²) in [7, 11) is 0. The van der Waals surface area contributed by atoms with Crippen LogP contribution in [0.1, 0.15) is 19.4 Å². The molecule has 0 aliphatic rings. The SMILES string of the molecule is CC(C)(N)CNc1cccc(Cl)c1C#N. The number of hydrogen-bond acceptors (Lipinski definition) is 3. The zero-order chi connectivity index (χ0) is 11.5. The van der Waals surface area contributed by atoms with Crippen LogP contribution in [0.3, 0.4) is 0 Å². The van der Waals surface area contributed by atoms with E-state index in [1.165, 1.54) is 0 Å². The molecule has 0 heterocycles. The van der Waals surface area contributed by atoms with Crippen molar-refractivity contribution in [2.75, 3.05) is 11.9 Å². The van der Waals surface area contributed by atoms with E-state index in [0.29, 0.717) is 17.1 Å². The molecule has 1 aromatic carbocycles. The fourth-order valence-corrected chi connectivity index (χ4v) is 1.32. The molecule has 0 fully saturated rings. The third-order valence-corrected chi connectivity index (χ3v) is 2.17. The molecule has 0 saturated heterocycles. The van der Waals surface area contributed by atoms with Crippen molar-refractivity contribution >= 4 is 17.3 Å². The van der Waals surface area contributed by atoms with Crippen molar-refractivity contribution in [3.63, 3.8) is 0 Å². The molecule has 4 heteroatoms. The molecule has 0 unspecified atom stereocenters. The summed E-state index contributed by atoms with van der Waals surface area (Å²) in [5.74, 6) is 0. The number of nitriles is 1. The van der Waals surface area contributed by atoms with Crippen molar-refractivity contribution in [2.24, 2.45) is 5.73 Å². The maximum Gasteiger partial charge on any atom is 0.103 e. The lowest BCUT2D eigenvalue weighted by Gasteiger charge is -2.20. The molecule has 3 N–H and O–H groups in total. The number of hydrogen-bond donors (Lipinski definition) is 2. The lowest BCUT2D eigenvalue weighted by atomic mass is 10.1. The second-order valence-corrected chi connectivity index (χ2v) is 4.52. The Morgan fingerprint density at radius 2 is 2.20 bits per heavy atom. The van der Waals surface area contributed by atoms with Gasteiger partial charge >= 0.3 is 0 Å². The number of benzene rings is 1. The van der Waals surface area contributed by atoms with E-state index in [9.17, 15) is 0 Å². The predicted molar refractivity (Wildman–Crippen MR) is 62.9 cm³/mol. The monoisotopic (exact) mass is 223 g/mol. The first-order chi connectivity index (χ1) is 6.94. The summed E-state index contributed by atoms with van der Waals surface area (Å²) in [5, 5.41) is 12.5. The molecule has 0 aliphatic heterocycles. The molecule has 0 amide bonds. The summed E-state index contributed by atoms with van der Waals surface area (Å²) < 4.78 is 0. The first-order valence-corrected chi connectivity index (χ1v) is 5.03. The van der Waals surface area contributed by atoms with Gasteiger partial charge in [0.1, 0.15) is 6.07 Å². The van der Waals surface area contributed by atoms with Gasteiger partial charge in [-0.25, -0.2) is 0 Å². The second kappa shape index (κ2) is 4.52. The first kappa shape index (κ1) is 11.8. The topological polar surface area (TPSA) is 61.8 Å². The normalized spacial score (nSPS) is 10.9. The van der Waals surface area contributed by atoms with Crippen LogP contribution in [-0.2, 0) is 0 Å². The number of halogens is 1. The van der Waals surface area contributed by atoms with Gasteiger partial charge in [-0.3, -0.25) is 0 Å². The Balaban J connectivity index is 2.87. The molecule has 0 aliphatic carbocycles. The standard InChI is InChI=1S/C11H14ClN3/c1-11(2,14)7-15-10-5-3-4-9(12)8(10)6-13/h3-5,15H,7,14H2,1-2H3. The molecule has 80 valence electrons. The largest absolute Gasteiger partial charge is 0.382 e. The van der Waals surface area contributed by atoms with E-state index in [1.54, 1.807) is 12.1 Å². The van der Waals surface area contributed by atoms with Crippen LogP contribution >= 0.6 is 11.6 Å². The van der Waals surface area contributed by atoms with E-state index < -0.39 is 0 Å². The van der Waals surface area contributed by atoms with Crippen LogP contribution in [0.15, 0.2) is 18.2 Å². The highest BCUT2D eigenvalue weighted by Crippen LogP contribution is 2.23. The van der Waals surface area contributed by atoms with Crippen molar-refractivity contribution in [3.8, 4) is 6.07 Å². The summed E-state index contributed by atoms with van der Waals surface area (Å²) in [6.07, 6.45) is 0. The third-order valence-electron chi connectivity index (χ3n) is 1.86. The van der Waals surface area contributed by atoms with Gasteiger partial charge in [0.05, 0.1) is 16.3 Å². The molecule has 1 rings (SSSR count). The Hall–Kier alpha value is -1.24. The molecule has 0 aromatic heterocycles. The van der Waals surface area contributed by atoms with Crippen molar-refractivity contribution in [1.29, 1.82) is 5.26 Å². The summed E-state index contributed by atoms with van der Waals surface area (Å²) in [4.78, 5) is 0. The van der Waals surface area contributed by atoms with Crippen molar-refractivity contribution in [1.82, 2.24) is 0 Å². The van der Waals surface area contributed by atoms with Crippen molar-refractivity contribution < 1.29 is 0 Å². The average Bonchev–Trinajstić information content (AvgIpc) is 2.13. The molecule has 0 saturated carbocycles. The smallest absolute Gasteiger partial charge is 0.103 e. The highest BCUT2D eigenvalue weighted by molar-refractivity contribution is 6.32. The number of rotatable bonds is 3. The zero-order valence-corrected chi connectivity index (χ0v) is 9.60. The Labute approximate surface area is 94.8 Å². The second-order valence-electron chi connectivity index (χ2n) is 4.12. The summed E-state index contributed by atoms with van der Waals surface area (Å²) in [6.45, 7) is 4.41. The summed E-state index contributed by atoms with van der Waals surface area (Å²) in [5.41, 5.74) is 6.70. The van der Waals surface area contributed by atoms with Crippen LogP contribution in [0, 0.1) is 11.3 Å². The fraction of sp³-hybridized carbons (Fsp3) is 0.364. The molecule has 1 aromatic rings. The number of nitrogens with zero attached hydrogens (tertiary/aromatic N) is 1. The summed E-state index contributed by atoms with van der Waals surface area (Å²) in [6, 6.07) is 7.37. The van der Waals surface area contributed by atoms with Gasteiger partial charge in [0.25, 0.3) is 0 Å². The van der Waals surface area contributed by atoms with Gasteiger partial charge in [0, 0.05) is 12.1 Å². The molecular weight excluding hydrogens is 210 g/mol. The molecule has 15 heavy (non-hydrogen) atoms. The minimum absolute atomic E-state index is 0.324. The van der Waals surface area contributed by atoms with Gasteiger partial charge in [0.2, 0.25) is 0 Å². The van der Waals surface area contributed by atoms with Crippen LogP contribution in [0.25, 0.3) is 0 Å². The quantitative estimate of drug-likeness (QED) is 0.827. The highest BCUT2D eigenvalue weighted by Gasteiger charge is 2.12. The Morgan fingerprint density at radius 3 is 2.73 bits per heavy atom. The van der Waals surface area contributed by atoms with Crippen molar-refractivity contribution in [2.45, 2.75) is 19.4 Å². The molecule has 0 radical (unpaired) electrons.